The molecule has 4 atom stereocenters. The molecule has 2 aliphatic rings. The molecule has 0 aliphatic carbocycles. The molecule has 0 radical (unpaired) electrons. The number of nitrogens with one attached hydrogen (secondary N) is 1. The maximum atomic E-state index is 12.5. The van der Waals surface area contributed by atoms with Gasteiger partial charge in [0.05, 0.1) is 18.0 Å². The fourth-order valence-electron chi connectivity index (χ4n) is 3.40. The van der Waals surface area contributed by atoms with E-state index in [2.05, 4.69) is 5.32 Å². The van der Waals surface area contributed by atoms with Crippen molar-refractivity contribution < 1.29 is 88.5 Å². The van der Waals surface area contributed by atoms with Gasteiger partial charge in [-0.15, -0.1) is 11.8 Å². The monoisotopic (exact) mass is 422 g/mol. The number of carbonyl (C=O) groups excluding carboxylic acids is 4. The Labute approximate surface area is 210 Å². The number of aliphatic carboxylic acids is 2. The SMILES string of the molecule is CC1(C)S[C@H]2[C@@H](NC(=O)C(C(=O)[O-])c3ccccc3)C(=O)N2[C@@H]1C(=O)[O-].[Na+].[Na+]. The minimum Gasteiger partial charge on any atom is -0.549 e. The van der Waals surface area contributed by atoms with Crippen LogP contribution in [0.1, 0.15) is 25.3 Å². The van der Waals surface area contributed by atoms with Gasteiger partial charge < -0.3 is 30.0 Å². The van der Waals surface area contributed by atoms with Crippen molar-refractivity contribution in [2.24, 2.45) is 0 Å². The van der Waals surface area contributed by atoms with Crippen LogP contribution in [0.4, 0.5) is 0 Å². The molecule has 3 rings (SSSR count). The summed E-state index contributed by atoms with van der Waals surface area (Å²) in [5, 5.41) is 24.6. The second-order valence-corrected chi connectivity index (χ2v) is 8.50. The number of carbonyl (C=O) groups is 4. The molecule has 2 aliphatic heterocycles. The molecule has 1 N–H and O–H groups in total. The van der Waals surface area contributed by atoms with Crippen LogP contribution in [0.15, 0.2) is 30.3 Å². The third-order valence-corrected chi connectivity index (χ3v) is 6.16. The summed E-state index contributed by atoms with van der Waals surface area (Å²) in [5.41, 5.74) is 0.237. The number of amides is 2. The minimum atomic E-state index is -1.58. The molecule has 0 aromatic heterocycles. The van der Waals surface area contributed by atoms with E-state index < -0.39 is 51.9 Å². The molecule has 1 aromatic carbocycles. The first-order valence-corrected chi connectivity index (χ1v) is 8.80. The number of fused-ring (bicyclic) bond motifs is 1. The standard InChI is InChI=1S/C17H18N2O6S.2Na/c1-17(2)11(16(24)25)19-13(21)10(14(19)26-17)18-12(20)9(15(22)23)8-6-4-3-5-7-8;;/h3-7,9-11,14H,1-2H3,(H,18,20)(H,22,23)(H,24,25);;/q;2*+1/p-2/t9?,10-,11+,14-;;/m0../s1. The van der Waals surface area contributed by atoms with Gasteiger partial charge in [-0.25, -0.2) is 0 Å². The van der Waals surface area contributed by atoms with Crippen LogP contribution in [0.5, 0.6) is 0 Å². The summed E-state index contributed by atoms with van der Waals surface area (Å²) in [7, 11) is 0. The average Bonchev–Trinajstić information content (AvgIpc) is 2.82. The normalized spacial score (nSPS) is 25.3. The van der Waals surface area contributed by atoms with Crippen molar-refractivity contribution in [1.29, 1.82) is 0 Å². The number of hydrogen-bond acceptors (Lipinski definition) is 7. The largest absolute Gasteiger partial charge is 1.00 e. The molecule has 8 nitrogen and oxygen atoms in total. The molecule has 28 heavy (non-hydrogen) atoms. The van der Waals surface area contributed by atoms with Crippen molar-refractivity contribution in [3.63, 3.8) is 0 Å². The van der Waals surface area contributed by atoms with Gasteiger partial charge in [0, 0.05) is 4.75 Å². The first kappa shape index (κ1) is 25.5. The number of carboxylic acid groups (broad SMARTS) is 2. The molecule has 0 saturated carbocycles. The van der Waals surface area contributed by atoms with Crippen molar-refractivity contribution in [2.75, 3.05) is 0 Å². The summed E-state index contributed by atoms with van der Waals surface area (Å²) in [6, 6.07) is 5.73. The zero-order valence-corrected chi connectivity index (χ0v) is 20.8. The predicted molar refractivity (Wildman–Crippen MR) is 87.2 cm³/mol. The molecule has 11 heteroatoms. The number of thioether (sulfide) groups is 1. The molecule has 138 valence electrons. The van der Waals surface area contributed by atoms with E-state index in [1.165, 1.54) is 28.8 Å². The Balaban J connectivity index is 0.00000196. The summed E-state index contributed by atoms with van der Waals surface area (Å²) in [6.07, 6.45) is 0. The van der Waals surface area contributed by atoms with E-state index in [4.69, 9.17) is 0 Å². The summed E-state index contributed by atoms with van der Waals surface area (Å²) in [5.74, 6) is -5.94. The van der Waals surface area contributed by atoms with Crippen molar-refractivity contribution in [3.8, 4) is 0 Å². The molecule has 0 spiro atoms. The fourth-order valence-corrected chi connectivity index (χ4v) is 5.02. The summed E-state index contributed by atoms with van der Waals surface area (Å²) < 4.78 is -0.786. The topological polar surface area (TPSA) is 130 Å². The molecular weight excluding hydrogens is 406 g/mol. The van der Waals surface area contributed by atoms with Gasteiger partial charge in [0.15, 0.2) is 0 Å². The molecule has 1 aromatic rings. The van der Waals surface area contributed by atoms with E-state index in [9.17, 15) is 29.4 Å². The zero-order chi connectivity index (χ0) is 19.2. The first-order chi connectivity index (χ1) is 12.1. The van der Waals surface area contributed by atoms with Crippen molar-refractivity contribution in [3.05, 3.63) is 35.9 Å². The van der Waals surface area contributed by atoms with Crippen molar-refractivity contribution >= 4 is 35.5 Å². The quantitative estimate of drug-likeness (QED) is 0.283. The Hall–Kier alpha value is -0.550. The Morgan fingerprint density at radius 3 is 2.21 bits per heavy atom. The predicted octanol–water partition coefficient (Wildman–Crippen LogP) is -8.17. The van der Waals surface area contributed by atoms with Crippen LogP contribution in [0.2, 0.25) is 0 Å². The summed E-state index contributed by atoms with van der Waals surface area (Å²) in [6.45, 7) is 3.35. The van der Waals surface area contributed by atoms with E-state index in [-0.39, 0.29) is 64.7 Å². The van der Waals surface area contributed by atoms with Crippen LogP contribution in [-0.2, 0) is 19.2 Å². The number of benzene rings is 1. The van der Waals surface area contributed by atoms with Gasteiger partial charge in [-0.3, -0.25) is 9.59 Å². The maximum Gasteiger partial charge on any atom is 1.00 e. The van der Waals surface area contributed by atoms with Crippen molar-refractivity contribution in [2.45, 2.75) is 42.0 Å². The van der Waals surface area contributed by atoms with Crippen LogP contribution in [0, 0.1) is 0 Å². The van der Waals surface area contributed by atoms with Crippen LogP contribution < -0.4 is 74.6 Å². The number of rotatable bonds is 5. The zero-order valence-electron chi connectivity index (χ0n) is 16.0. The fraction of sp³-hybridized carbons (Fsp3) is 0.412. The number of β-lactam (4-membered cyclic amide) rings is 1. The smallest absolute Gasteiger partial charge is 0.549 e. The summed E-state index contributed by atoms with van der Waals surface area (Å²) in [4.78, 5) is 48.8. The molecule has 2 saturated heterocycles. The van der Waals surface area contributed by atoms with Crippen LogP contribution in [0.25, 0.3) is 0 Å². The third kappa shape index (κ3) is 4.45. The van der Waals surface area contributed by atoms with E-state index in [1.54, 1.807) is 32.0 Å². The van der Waals surface area contributed by atoms with Gasteiger partial charge in [0.2, 0.25) is 11.8 Å². The Bertz CT molecular complexity index is 791. The Morgan fingerprint density at radius 1 is 1.14 bits per heavy atom. The van der Waals surface area contributed by atoms with E-state index in [1.807, 2.05) is 0 Å². The van der Waals surface area contributed by atoms with Crippen LogP contribution in [0.3, 0.4) is 0 Å². The van der Waals surface area contributed by atoms with Crippen LogP contribution in [-0.4, -0.2) is 50.9 Å². The van der Waals surface area contributed by atoms with Crippen molar-refractivity contribution in [1.82, 2.24) is 10.2 Å². The summed E-state index contributed by atoms with van der Waals surface area (Å²) >= 11 is 1.23. The number of hydrogen-bond donors (Lipinski definition) is 1. The first-order valence-electron chi connectivity index (χ1n) is 7.92. The second-order valence-electron chi connectivity index (χ2n) is 6.73. The Kier molecular flexibility index (Phi) is 8.65. The van der Waals surface area contributed by atoms with E-state index in [0.29, 0.717) is 0 Å². The van der Waals surface area contributed by atoms with Gasteiger partial charge in [0.25, 0.3) is 0 Å². The van der Waals surface area contributed by atoms with Gasteiger partial charge in [0.1, 0.15) is 17.3 Å². The molecule has 0 bridgehead atoms. The average molecular weight is 422 g/mol. The molecule has 2 fully saturated rings. The van der Waals surface area contributed by atoms with Gasteiger partial charge in [-0.1, -0.05) is 30.3 Å². The minimum absolute atomic E-state index is 0. The second kappa shape index (κ2) is 9.51. The third-order valence-electron chi connectivity index (χ3n) is 4.59. The molecule has 2 heterocycles. The number of nitrogens with zero attached hydrogens (tertiary/aromatic N) is 1. The van der Waals surface area contributed by atoms with Crippen LogP contribution >= 0.6 is 11.8 Å². The molecule has 2 amide bonds. The maximum absolute atomic E-state index is 12.5. The number of carboxylic acids is 2. The van der Waals surface area contributed by atoms with E-state index >= 15 is 0 Å². The van der Waals surface area contributed by atoms with Gasteiger partial charge in [-0.2, -0.15) is 0 Å². The van der Waals surface area contributed by atoms with Gasteiger partial charge >= 0.3 is 59.1 Å². The Morgan fingerprint density at radius 2 is 1.71 bits per heavy atom. The van der Waals surface area contributed by atoms with E-state index in [0.717, 1.165) is 0 Å². The molecular formula is C17H16N2Na2O6S. The van der Waals surface area contributed by atoms with Gasteiger partial charge in [-0.05, 0) is 19.4 Å². The molecule has 1 unspecified atom stereocenters.